The number of hydrogen-bond donors (Lipinski definition) is 2. The van der Waals surface area contributed by atoms with Crippen LogP contribution in [0, 0.1) is 13.8 Å². The van der Waals surface area contributed by atoms with E-state index in [9.17, 15) is 0 Å². The molecule has 1 unspecified atom stereocenters. The van der Waals surface area contributed by atoms with Gasteiger partial charge >= 0.3 is 0 Å². The largest absolute Gasteiger partial charge is 0.357 e. The van der Waals surface area contributed by atoms with Crippen molar-refractivity contribution in [2.45, 2.75) is 26.3 Å². The van der Waals surface area contributed by atoms with Crippen molar-refractivity contribution in [3.8, 4) is 0 Å². The fraction of sp³-hybridized carbons (Fsp3) is 0.263. The first-order chi connectivity index (χ1) is 10.2. The maximum Gasteiger partial charge on any atom is 0.0732 e. The van der Waals surface area contributed by atoms with Crippen LogP contribution >= 0.6 is 12.4 Å². The van der Waals surface area contributed by atoms with E-state index in [-0.39, 0.29) is 18.4 Å². The van der Waals surface area contributed by atoms with Crippen LogP contribution in [0.5, 0.6) is 0 Å². The molecule has 0 saturated heterocycles. The Labute approximate surface area is 137 Å². The highest BCUT2D eigenvalue weighted by atomic mass is 35.5. The van der Waals surface area contributed by atoms with Crippen LogP contribution in [-0.2, 0) is 6.42 Å². The Kier molecular flexibility index (Phi) is 3.98. The lowest BCUT2D eigenvalue weighted by Gasteiger charge is -2.25. The average molecular weight is 313 g/mol. The van der Waals surface area contributed by atoms with Gasteiger partial charge in [0.25, 0.3) is 0 Å². The topological polar surface area (TPSA) is 27.8 Å². The van der Waals surface area contributed by atoms with E-state index in [1.807, 2.05) is 0 Å². The SMILES string of the molecule is Cc1cccc(C2NCCc3c2[nH]c2ccc(C)cc32)c1.Cl. The second-order valence-electron chi connectivity index (χ2n) is 6.12. The Morgan fingerprint density at radius 3 is 2.64 bits per heavy atom. The summed E-state index contributed by atoms with van der Waals surface area (Å²) in [6.45, 7) is 5.35. The smallest absolute Gasteiger partial charge is 0.0732 e. The molecule has 3 aromatic rings. The molecule has 22 heavy (non-hydrogen) atoms. The molecule has 1 aromatic heterocycles. The minimum Gasteiger partial charge on any atom is -0.357 e. The molecule has 1 atom stereocenters. The molecule has 0 bridgehead atoms. The van der Waals surface area contributed by atoms with Crippen LogP contribution in [0.1, 0.15) is 34.0 Å². The lowest BCUT2D eigenvalue weighted by atomic mass is 9.93. The summed E-state index contributed by atoms with van der Waals surface area (Å²) in [6.07, 6.45) is 1.10. The normalized spacial score (nSPS) is 17.1. The highest BCUT2D eigenvalue weighted by molar-refractivity contribution is 5.86. The first-order valence-corrected chi connectivity index (χ1v) is 7.63. The summed E-state index contributed by atoms with van der Waals surface area (Å²) in [6, 6.07) is 15.8. The molecule has 0 saturated carbocycles. The summed E-state index contributed by atoms with van der Waals surface area (Å²) in [5, 5.41) is 5.06. The van der Waals surface area contributed by atoms with Crippen molar-refractivity contribution < 1.29 is 0 Å². The lowest BCUT2D eigenvalue weighted by Crippen LogP contribution is -2.30. The summed E-state index contributed by atoms with van der Waals surface area (Å²) >= 11 is 0. The van der Waals surface area contributed by atoms with Crippen molar-refractivity contribution in [2.75, 3.05) is 6.54 Å². The molecule has 0 aliphatic carbocycles. The van der Waals surface area contributed by atoms with E-state index in [4.69, 9.17) is 0 Å². The number of aryl methyl sites for hydroxylation is 2. The third-order valence-corrected chi connectivity index (χ3v) is 4.48. The molecule has 1 aliphatic heterocycles. The molecule has 2 heterocycles. The van der Waals surface area contributed by atoms with Crippen molar-refractivity contribution in [3.05, 3.63) is 70.4 Å². The van der Waals surface area contributed by atoms with Gasteiger partial charge < -0.3 is 10.3 Å². The molecular formula is C19H21ClN2. The van der Waals surface area contributed by atoms with Crippen molar-refractivity contribution >= 4 is 23.3 Å². The number of aromatic amines is 1. The summed E-state index contributed by atoms with van der Waals surface area (Å²) in [5.41, 5.74) is 8.07. The van der Waals surface area contributed by atoms with Gasteiger partial charge in [-0.15, -0.1) is 12.4 Å². The Morgan fingerprint density at radius 2 is 1.82 bits per heavy atom. The van der Waals surface area contributed by atoms with Crippen LogP contribution in [0.4, 0.5) is 0 Å². The fourth-order valence-corrected chi connectivity index (χ4v) is 3.48. The molecule has 2 N–H and O–H groups in total. The fourth-order valence-electron chi connectivity index (χ4n) is 3.48. The van der Waals surface area contributed by atoms with E-state index in [0.29, 0.717) is 0 Å². The average Bonchev–Trinajstić information content (AvgIpc) is 2.85. The van der Waals surface area contributed by atoms with Crippen LogP contribution in [0.2, 0.25) is 0 Å². The second kappa shape index (κ2) is 5.79. The highest BCUT2D eigenvalue weighted by Crippen LogP contribution is 2.34. The van der Waals surface area contributed by atoms with Crippen LogP contribution in [-0.4, -0.2) is 11.5 Å². The Balaban J connectivity index is 0.00000144. The van der Waals surface area contributed by atoms with Gasteiger partial charge in [-0.2, -0.15) is 0 Å². The number of hydrogen-bond acceptors (Lipinski definition) is 1. The van der Waals surface area contributed by atoms with Crippen molar-refractivity contribution in [1.29, 1.82) is 0 Å². The number of H-pyrrole nitrogens is 1. The van der Waals surface area contributed by atoms with Crippen LogP contribution in [0.15, 0.2) is 42.5 Å². The molecule has 3 heteroatoms. The van der Waals surface area contributed by atoms with Crippen molar-refractivity contribution in [1.82, 2.24) is 10.3 Å². The third-order valence-electron chi connectivity index (χ3n) is 4.48. The van der Waals surface area contributed by atoms with E-state index in [2.05, 4.69) is 66.6 Å². The predicted molar refractivity (Wildman–Crippen MR) is 95.0 cm³/mol. The Morgan fingerprint density at radius 1 is 1.00 bits per heavy atom. The molecule has 4 rings (SSSR count). The molecule has 1 aliphatic rings. The Hall–Kier alpha value is -1.77. The maximum absolute atomic E-state index is 3.66. The van der Waals surface area contributed by atoms with E-state index >= 15 is 0 Å². The van der Waals surface area contributed by atoms with Crippen molar-refractivity contribution in [2.24, 2.45) is 0 Å². The first-order valence-electron chi connectivity index (χ1n) is 7.63. The molecule has 0 amide bonds. The van der Waals surface area contributed by atoms with Gasteiger partial charge in [-0.25, -0.2) is 0 Å². The van der Waals surface area contributed by atoms with E-state index < -0.39 is 0 Å². The van der Waals surface area contributed by atoms with Crippen LogP contribution in [0.3, 0.4) is 0 Å². The summed E-state index contributed by atoms with van der Waals surface area (Å²) in [4.78, 5) is 3.65. The molecule has 114 valence electrons. The van der Waals surface area contributed by atoms with Crippen LogP contribution < -0.4 is 5.32 Å². The molecule has 0 spiro atoms. The molecular weight excluding hydrogens is 292 g/mol. The van der Waals surface area contributed by atoms with Gasteiger partial charge in [0.1, 0.15) is 0 Å². The zero-order valence-corrected chi connectivity index (χ0v) is 13.8. The quantitative estimate of drug-likeness (QED) is 0.683. The van der Waals surface area contributed by atoms with Gasteiger partial charge in [-0.1, -0.05) is 41.5 Å². The number of benzene rings is 2. The zero-order chi connectivity index (χ0) is 14.4. The highest BCUT2D eigenvalue weighted by Gasteiger charge is 2.25. The van der Waals surface area contributed by atoms with Gasteiger partial charge in [0.2, 0.25) is 0 Å². The first kappa shape index (κ1) is 15.1. The third kappa shape index (κ3) is 2.43. The van der Waals surface area contributed by atoms with E-state index in [1.165, 1.54) is 38.9 Å². The summed E-state index contributed by atoms with van der Waals surface area (Å²) < 4.78 is 0. The van der Waals surface area contributed by atoms with E-state index in [1.54, 1.807) is 0 Å². The van der Waals surface area contributed by atoms with Crippen LogP contribution in [0.25, 0.3) is 10.9 Å². The van der Waals surface area contributed by atoms with E-state index in [0.717, 1.165) is 13.0 Å². The summed E-state index contributed by atoms with van der Waals surface area (Å²) in [7, 11) is 0. The minimum atomic E-state index is 0. The van der Waals surface area contributed by atoms with Crippen molar-refractivity contribution in [3.63, 3.8) is 0 Å². The molecule has 0 radical (unpaired) electrons. The van der Waals surface area contributed by atoms with Gasteiger partial charge in [-0.3, -0.25) is 0 Å². The van der Waals surface area contributed by atoms with Gasteiger partial charge in [-0.05, 0) is 43.5 Å². The monoisotopic (exact) mass is 312 g/mol. The second-order valence-corrected chi connectivity index (χ2v) is 6.12. The molecule has 2 aromatic carbocycles. The lowest BCUT2D eigenvalue weighted by molar-refractivity contribution is 0.560. The standard InChI is InChI=1S/C19H20N2.ClH/c1-12-4-3-5-14(10-12)18-19-15(8-9-20-18)16-11-13(2)6-7-17(16)21-19;/h3-7,10-11,18,20-21H,8-9H2,1-2H3;1H. The number of aromatic nitrogens is 1. The number of nitrogens with one attached hydrogen (secondary N) is 2. The number of fused-ring (bicyclic) bond motifs is 3. The number of rotatable bonds is 1. The van der Waals surface area contributed by atoms with Gasteiger partial charge in [0, 0.05) is 23.1 Å². The molecule has 2 nitrogen and oxygen atoms in total. The number of halogens is 1. The van der Waals surface area contributed by atoms with Gasteiger partial charge in [0.15, 0.2) is 0 Å². The predicted octanol–water partition coefficient (Wildman–Crippen LogP) is 4.44. The molecule has 0 fully saturated rings. The summed E-state index contributed by atoms with van der Waals surface area (Å²) in [5.74, 6) is 0. The van der Waals surface area contributed by atoms with Gasteiger partial charge in [0.05, 0.1) is 6.04 Å². The zero-order valence-electron chi connectivity index (χ0n) is 12.9. The minimum absolute atomic E-state index is 0. The maximum atomic E-state index is 3.66. The Bertz CT molecular complexity index is 819.